The Bertz CT molecular complexity index is 1010. The molecule has 1 N–H and O–H groups in total. The second-order valence-corrected chi connectivity index (χ2v) is 9.11. The van der Waals surface area contributed by atoms with E-state index in [1.54, 1.807) is 11.8 Å². The minimum Gasteiger partial charge on any atom is -0.361 e. The predicted octanol–water partition coefficient (Wildman–Crippen LogP) is 5.10. The van der Waals surface area contributed by atoms with Crippen molar-refractivity contribution in [3.8, 4) is 0 Å². The summed E-state index contributed by atoms with van der Waals surface area (Å²) in [5, 5.41) is 17.6. The lowest BCUT2D eigenvalue weighted by Gasteiger charge is -2.28. The molecule has 0 bridgehead atoms. The van der Waals surface area contributed by atoms with Crippen LogP contribution >= 0.6 is 23.5 Å². The van der Waals surface area contributed by atoms with Gasteiger partial charge in [0.25, 0.3) is 0 Å². The Morgan fingerprint density at radius 3 is 2.88 bits per heavy atom. The number of nitrogens with one attached hydrogen (secondary N) is 1. The van der Waals surface area contributed by atoms with Gasteiger partial charge in [0.1, 0.15) is 10.4 Å². The number of hydrogen-bond donors (Lipinski definition) is 1. The van der Waals surface area contributed by atoms with Crippen molar-refractivity contribution in [3.63, 3.8) is 0 Å². The molecule has 2 aliphatic heterocycles. The Hall–Kier alpha value is -1.86. The third-order valence-corrected chi connectivity index (χ3v) is 7.82. The molecule has 1 saturated carbocycles. The van der Waals surface area contributed by atoms with E-state index in [1.807, 2.05) is 11.8 Å². The normalized spacial score (nSPS) is 22.7. The van der Waals surface area contributed by atoms with Crippen LogP contribution in [0.25, 0.3) is 10.9 Å². The summed E-state index contributed by atoms with van der Waals surface area (Å²) < 4.78 is 2.30. The molecule has 0 spiro atoms. The van der Waals surface area contributed by atoms with Crippen molar-refractivity contribution in [1.82, 2.24) is 19.9 Å². The van der Waals surface area contributed by atoms with E-state index in [0.29, 0.717) is 5.92 Å². The molecule has 1 aromatic carbocycles. The van der Waals surface area contributed by atoms with Gasteiger partial charge in [-0.3, -0.25) is 5.01 Å². The molecule has 3 aromatic rings. The molecule has 1 aliphatic carbocycles. The van der Waals surface area contributed by atoms with Crippen molar-refractivity contribution in [2.75, 3.05) is 5.01 Å². The molecule has 1 atom stereocenters. The highest BCUT2D eigenvalue weighted by Gasteiger charge is 2.41. The van der Waals surface area contributed by atoms with Crippen LogP contribution in [0.3, 0.4) is 0 Å². The third kappa shape index (κ3) is 2.13. The number of fused-ring (bicyclic) bond motifs is 4. The van der Waals surface area contributed by atoms with Gasteiger partial charge in [-0.05, 0) is 30.7 Å². The van der Waals surface area contributed by atoms with Gasteiger partial charge < -0.3 is 4.98 Å². The molecular formula is C19H19N5S2. The Balaban J connectivity index is 1.44. The van der Waals surface area contributed by atoms with Gasteiger partial charge in [-0.2, -0.15) is 0 Å². The van der Waals surface area contributed by atoms with Crippen LogP contribution in [0.4, 0.5) is 0 Å². The van der Waals surface area contributed by atoms with Gasteiger partial charge in [0.15, 0.2) is 5.82 Å². The predicted molar refractivity (Wildman–Crippen MR) is 107 cm³/mol. The zero-order valence-electron chi connectivity index (χ0n) is 14.3. The van der Waals surface area contributed by atoms with Crippen LogP contribution < -0.4 is 5.01 Å². The van der Waals surface area contributed by atoms with Crippen molar-refractivity contribution in [3.05, 3.63) is 52.3 Å². The van der Waals surface area contributed by atoms with Crippen LogP contribution in [0.2, 0.25) is 0 Å². The van der Waals surface area contributed by atoms with E-state index >= 15 is 0 Å². The number of nitrogens with zero attached hydrogens (tertiary/aromatic N) is 4. The van der Waals surface area contributed by atoms with Crippen LogP contribution in [0, 0.1) is 0 Å². The summed E-state index contributed by atoms with van der Waals surface area (Å²) in [6.07, 6.45) is 8.61. The summed E-state index contributed by atoms with van der Waals surface area (Å²) >= 11 is 3.62. The first-order valence-corrected chi connectivity index (χ1v) is 11.0. The number of hydrogen-bond acceptors (Lipinski definition) is 5. The summed E-state index contributed by atoms with van der Waals surface area (Å²) in [6, 6.07) is 8.55. The molecule has 4 heterocycles. The van der Waals surface area contributed by atoms with Crippen LogP contribution in [0.15, 0.2) is 46.1 Å². The van der Waals surface area contributed by atoms with E-state index < -0.39 is 0 Å². The molecule has 2 aromatic heterocycles. The summed E-state index contributed by atoms with van der Waals surface area (Å²) in [4.78, 5) is 3.43. The van der Waals surface area contributed by atoms with Gasteiger partial charge in [0, 0.05) is 34.0 Å². The van der Waals surface area contributed by atoms with Crippen LogP contribution in [0.1, 0.15) is 54.8 Å². The molecule has 1 unspecified atom stereocenters. The number of rotatable bonds is 2. The highest BCUT2D eigenvalue weighted by atomic mass is 32.2. The van der Waals surface area contributed by atoms with E-state index in [0.717, 1.165) is 11.0 Å². The first-order chi connectivity index (χ1) is 12.9. The van der Waals surface area contributed by atoms with E-state index in [1.165, 1.54) is 53.6 Å². The van der Waals surface area contributed by atoms with Crippen molar-refractivity contribution in [1.29, 1.82) is 0 Å². The summed E-state index contributed by atoms with van der Waals surface area (Å²) in [5.74, 6) is 1.70. The van der Waals surface area contributed by atoms with Crippen LogP contribution in [0.5, 0.6) is 0 Å². The monoisotopic (exact) mass is 381 g/mol. The van der Waals surface area contributed by atoms with Gasteiger partial charge >= 0.3 is 0 Å². The molecule has 132 valence electrons. The van der Waals surface area contributed by atoms with Gasteiger partial charge in [-0.15, -0.1) is 10.2 Å². The first-order valence-electron chi connectivity index (χ1n) is 9.24. The first kappa shape index (κ1) is 15.2. The zero-order valence-corrected chi connectivity index (χ0v) is 15.9. The second-order valence-electron chi connectivity index (χ2n) is 7.17. The lowest BCUT2D eigenvalue weighted by atomic mass is 9.89. The second kappa shape index (κ2) is 5.82. The molecule has 6 rings (SSSR count). The summed E-state index contributed by atoms with van der Waals surface area (Å²) in [5.41, 5.74) is 2.52. The van der Waals surface area contributed by atoms with Crippen LogP contribution in [-0.4, -0.2) is 19.9 Å². The maximum Gasteiger partial charge on any atom is 0.216 e. The van der Waals surface area contributed by atoms with E-state index in [2.05, 4.69) is 60.7 Å². The number of benzene rings is 1. The highest BCUT2D eigenvalue weighted by Crippen LogP contribution is 2.53. The summed E-state index contributed by atoms with van der Waals surface area (Å²) in [6.45, 7) is 0. The lowest BCUT2D eigenvalue weighted by Crippen LogP contribution is -2.31. The van der Waals surface area contributed by atoms with E-state index in [9.17, 15) is 0 Å². The number of H-pyrrole nitrogens is 1. The molecule has 5 nitrogen and oxygen atoms in total. The van der Waals surface area contributed by atoms with Crippen molar-refractivity contribution >= 4 is 34.4 Å². The smallest absolute Gasteiger partial charge is 0.216 e. The van der Waals surface area contributed by atoms with Crippen molar-refractivity contribution < 1.29 is 0 Å². The van der Waals surface area contributed by atoms with Crippen molar-refractivity contribution in [2.24, 2.45) is 0 Å². The highest BCUT2D eigenvalue weighted by molar-refractivity contribution is 8.07. The average molecular weight is 382 g/mol. The quantitative estimate of drug-likeness (QED) is 0.670. The minimum absolute atomic E-state index is 0.230. The maximum absolute atomic E-state index is 4.61. The molecule has 26 heavy (non-hydrogen) atoms. The van der Waals surface area contributed by atoms with Gasteiger partial charge in [-0.1, -0.05) is 49.2 Å². The molecule has 0 saturated heterocycles. The minimum atomic E-state index is 0.230. The van der Waals surface area contributed by atoms with Gasteiger partial charge in [-0.25, -0.2) is 4.68 Å². The maximum atomic E-state index is 4.61. The van der Waals surface area contributed by atoms with E-state index in [4.69, 9.17) is 0 Å². The van der Waals surface area contributed by atoms with E-state index in [-0.39, 0.29) is 5.37 Å². The number of aromatic nitrogens is 4. The Morgan fingerprint density at radius 2 is 1.96 bits per heavy atom. The number of aromatic amines is 1. The number of para-hydroxylation sites is 1. The molecule has 0 amide bonds. The fourth-order valence-corrected chi connectivity index (χ4v) is 6.64. The third-order valence-electron chi connectivity index (χ3n) is 5.65. The molecule has 7 heteroatoms. The fourth-order valence-electron chi connectivity index (χ4n) is 4.38. The molecular weight excluding hydrogens is 362 g/mol. The van der Waals surface area contributed by atoms with Crippen LogP contribution in [-0.2, 0) is 0 Å². The number of thioether (sulfide) groups is 2. The fraction of sp³-hybridized carbons (Fsp3) is 0.368. The van der Waals surface area contributed by atoms with Gasteiger partial charge in [0.05, 0.1) is 0 Å². The lowest BCUT2D eigenvalue weighted by molar-refractivity contribution is 0.411. The van der Waals surface area contributed by atoms with Gasteiger partial charge in [0.2, 0.25) is 5.16 Å². The largest absolute Gasteiger partial charge is 0.361 e. The molecule has 0 radical (unpaired) electrons. The SMILES string of the molecule is C1=C2Sc3nnc(C4CCCCC4)n3N2C(c2c[nH]c3ccccc23)S1. The topological polar surface area (TPSA) is 49.7 Å². The Morgan fingerprint density at radius 1 is 1.08 bits per heavy atom. The molecule has 3 aliphatic rings. The average Bonchev–Trinajstić information content (AvgIpc) is 3.42. The standard InChI is InChI=1S/C19H19N5S2/c1-2-6-12(7-3-1)17-21-22-19-24(17)23-16(26-19)11-25-18(23)14-10-20-15-9-5-4-8-13(14)15/h4-5,8-12,18,20H,1-3,6-7H2. The molecule has 1 fully saturated rings. The summed E-state index contributed by atoms with van der Waals surface area (Å²) in [7, 11) is 0. The Labute approximate surface area is 160 Å². The Kier molecular flexibility index (Phi) is 3.41. The van der Waals surface area contributed by atoms with Crippen molar-refractivity contribution in [2.45, 2.75) is 48.6 Å². The zero-order chi connectivity index (χ0) is 17.1.